The van der Waals surface area contributed by atoms with Crippen molar-refractivity contribution in [1.82, 2.24) is 4.90 Å². The number of hydrogen-bond acceptors (Lipinski definition) is 10. The third kappa shape index (κ3) is 4.75. The third-order valence-corrected chi connectivity index (χ3v) is 3.65. The first-order valence-corrected chi connectivity index (χ1v) is 7.31. The first-order chi connectivity index (χ1) is 9.19. The Hall–Kier alpha value is -0.0500. The molecule has 1 aliphatic heterocycles. The van der Waals surface area contributed by atoms with Gasteiger partial charge >= 0.3 is 0 Å². The number of aliphatic hydroxyl groups is 5. The molecule has 5 atom stereocenters. The van der Waals surface area contributed by atoms with Gasteiger partial charge < -0.3 is 25.5 Å². The van der Waals surface area contributed by atoms with Crippen molar-refractivity contribution in [2.24, 2.45) is 0 Å². The van der Waals surface area contributed by atoms with Crippen LogP contribution >= 0.6 is 11.2 Å². The van der Waals surface area contributed by atoms with Gasteiger partial charge in [0, 0.05) is 13.1 Å². The second-order valence-electron chi connectivity index (χ2n) is 4.61. The normalized spacial score (nSPS) is 32.3. The number of hydrogen-bond donors (Lipinski definition) is 8. The van der Waals surface area contributed by atoms with E-state index in [0.717, 1.165) is 0 Å². The Kier molecular flexibility index (Phi) is 6.56. The van der Waals surface area contributed by atoms with Gasteiger partial charge in [0.2, 0.25) is 11.2 Å². The Morgan fingerprint density at radius 2 is 1.80 bits per heavy atom. The van der Waals surface area contributed by atoms with Gasteiger partial charge in [-0.05, 0) is 0 Å². The van der Waals surface area contributed by atoms with Crippen molar-refractivity contribution < 1.29 is 43.4 Å². The molecule has 1 rings (SSSR count). The molecule has 122 valence electrons. The minimum absolute atomic E-state index is 0.0169. The summed E-state index contributed by atoms with van der Waals surface area (Å²) in [5.41, 5.74) is 0. The molecule has 20 heavy (non-hydrogen) atoms. The first-order valence-electron chi connectivity index (χ1n) is 5.88. The monoisotopic (exact) mass is 319 g/mol. The van der Waals surface area contributed by atoms with E-state index in [1.807, 2.05) is 0 Å². The van der Waals surface area contributed by atoms with E-state index >= 15 is 0 Å². The topological polar surface area (TPSA) is 174 Å². The van der Waals surface area contributed by atoms with Gasteiger partial charge in [0.05, 0.1) is 37.6 Å². The van der Waals surface area contributed by atoms with Crippen LogP contribution in [0.2, 0.25) is 0 Å². The number of rotatable bonds is 7. The number of aliphatic hydroxyl groups excluding tert-OH is 5. The van der Waals surface area contributed by atoms with E-state index < -0.39 is 54.8 Å². The lowest BCUT2D eigenvalue weighted by Crippen LogP contribution is -2.47. The van der Waals surface area contributed by atoms with E-state index in [-0.39, 0.29) is 13.1 Å². The van der Waals surface area contributed by atoms with E-state index in [2.05, 4.69) is 4.18 Å². The van der Waals surface area contributed by atoms with Crippen molar-refractivity contribution >= 4 is 11.2 Å². The zero-order chi connectivity index (χ0) is 15.5. The molecule has 1 aliphatic rings. The summed E-state index contributed by atoms with van der Waals surface area (Å²) >= 11 is -4.34. The van der Waals surface area contributed by atoms with Gasteiger partial charge in [0.25, 0.3) is 0 Å². The summed E-state index contributed by atoms with van der Waals surface area (Å²) in [4.78, 5) is 1.37. The lowest BCUT2D eigenvalue weighted by atomic mass is 10.1. The van der Waals surface area contributed by atoms with Gasteiger partial charge in [0.15, 0.2) is 0 Å². The predicted octanol–water partition coefficient (Wildman–Crippen LogP) is -2.74. The average molecular weight is 319 g/mol. The van der Waals surface area contributed by atoms with Crippen LogP contribution < -0.4 is 0 Å². The highest BCUT2D eigenvalue weighted by Gasteiger charge is 2.41. The number of likely N-dealkylation sites (tertiary alicyclic amines) is 1. The fourth-order valence-corrected chi connectivity index (χ4v) is 2.65. The molecule has 11 heteroatoms. The van der Waals surface area contributed by atoms with E-state index in [1.165, 1.54) is 4.90 Å². The van der Waals surface area contributed by atoms with Crippen molar-refractivity contribution in [3.05, 3.63) is 0 Å². The largest absolute Gasteiger partial charge is 0.395 e. The average Bonchev–Trinajstić information content (AvgIpc) is 2.60. The summed E-state index contributed by atoms with van der Waals surface area (Å²) in [6.45, 7) is -1.48. The van der Waals surface area contributed by atoms with Crippen molar-refractivity contribution in [3.8, 4) is 0 Å². The highest BCUT2D eigenvalue weighted by atomic mass is 32.3. The van der Waals surface area contributed by atoms with E-state index in [1.54, 1.807) is 0 Å². The zero-order valence-corrected chi connectivity index (χ0v) is 11.4. The van der Waals surface area contributed by atoms with Crippen molar-refractivity contribution in [2.45, 2.75) is 30.5 Å². The molecule has 10 nitrogen and oxygen atoms in total. The standard InChI is InChI=1S/C9H21NO9S/c11-3-5-9(15)7(14)2-10(5)1-6(13)8(4-12)19-20(16,17)18/h5-9,11-18H,1-4H2/t5-,6+,7-,8+,9-/m1/s1. The fraction of sp³-hybridized carbons (Fsp3) is 1.00. The van der Waals surface area contributed by atoms with E-state index in [9.17, 15) is 15.3 Å². The minimum Gasteiger partial charge on any atom is -0.395 e. The maximum atomic E-state index is 9.83. The van der Waals surface area contributed by atoms with Crippen LogP contribution in [-0.4, -0.2) is 101 Å². The highest BCUT2D eigenvalue weighted by Crippen LogP contribution is 2.36. The van der Waals surface area contributed by atoms with Crippen LogP contribution in [0.15, 0.2) is 0 Å². The minimum atomic E-state index is -4.34. The van der Waals surface area contributed by atoms with Crippen molar-refractivity contribution in [3.63, 3.8) is 0 Å². The molecule has 0 spiro atoms. The molecule has 0 aromatic carbocycles. The zero-order valence-electron chi connectivity index (χ0n) is 10.6. The van der Waals surface area contributed by atoms with Gasteiger partial charge in [-0.2, -0.15) is 0 Å². The number of nitrogens with zero attached hydrogens (tertiary/aromatic N) is 1. The van der Waals surface area contributed by atoms with Gasteiger partial charge in [-0.3, -0.25) is 22.7 Å². The first kappa shape index (κ1) is 18.0. The van der Waals surface area contributed by atoms with Crippen LogP contribution in [0.4, 0.5) is 0 Å². The van der Waals surface area contributed by atoms with Crippen LogP contribution in [0.1, 0.15) is 0 Å². The van der Waals surface area contributed by atoms with Crippen LogP contribution in [0.5, 0.6) is 0 Å². The van der Waals surface area contributed by atoms with E-state index in [4.69, 9.17) is 23.9 Å². The van der Waals surface area contributed by atoms with Crippen molar-refractivity contribution in [1.29, 1.82) is 0 Å². The lowest BCUT2D eigenvalue weighted by molar-refractivity contribution is -0.0350. The van der Waals surface area contributed by atoms with Crippen LogP contribution in [0.25, 0.3) is 0 Å². The summed E-state index contributed by atoms with van der Waals surface area (Å²) in [5.74, 6) is 0. The quantitative estimate of drug-likeness (QED) is 0.246. The maximum absolute atomic E-state index is 9.83. The lowest BCUT2D eigenvalue weighted by Gasteiger charge is -2.31. The highest BCUT2D eigenvalue weighted by molar-refractivity contribution is 8.15. The Bertz CT molecular complexity index is 302. The molecule has 1 fully saturated rings. The molecule has 1 heterocycles. The molecule has 0 bridgehead atoms. The SMILES string of the molecule is OC[C@H](OS(O)(O)O)[C@@H](O)CN1C[C@@H](O)[C@H](O)[C@H]1CO. The summed E-state index contributed by atoms with van der Waals surface area (Å²) < 4.78 is 30.5. The molecule has 0 radical (unpaired) electrons. The molecule has 0 aromatic heterocycles. The molecule has 0 aromatic rings. The Balaban J connectivity index is 2.62. The van der Waals surface area contributed by atoms with Crippen LogP contribution in [-0.2, 0) is 4.18 Å². The molecular weight excluding hydrogens is 298 g/mol. The molecule has 0 unspecified atom stereocenters. The summed E-state index contributed by atoms with van der Waals surface area (Å²) in [6, 6.07) is -0.798. The second kappa shape index (κ2) is 7.29. The van der Waals surface area contributed by atoms with Gasteiger partial charge in [0.1, 0.15) is 6.10 Å². The van der Waals surface area contributed by atoms with Crippen LogP contribution in [0.3, 0.4) is 0 Å². The van der Waals surface area contributed by atoms with Crippen LogP contribution in [0, 0.1) is 0 Å². The second-order valence-corrected chi connectivity index (χ2v) is 5.74. The molecule has 0 amide bonds. The van der Waals surface area contributed by atoms with Gasteiger partial charge in [-0.1, -0.05) is 0 Å². The summed E-state index contributed by atoms with van der Waals surface area (Å²) in [6.07, 6.45) is -5.19. The summed E-state index contributed by atoms with van der Waals surface area (Å²) in [5, 5.41) is 47.0. The Labute approximate surface area is 117 Å². The third-order valence-electron chi connectivity index (χ3n) is 3.15. The summed E-state index contributed by atoms with van der Waals surface area (Å²) in [7, 11) is 0. The van der Waals surface area contributed by atoms with Gasteiger partial charge in [-0.15, -0.1) is 0 Å². The number of β-amino-alcohol motifs (C(OH)–C–C–N with tert-alkyl or cyclic N) is 2. The molecule has 0 aliphatic carbocycles. The molecular formula is C9H21NO9S. The fourth-order valence-electron chi connectivity index (χ4n) is 2.13. The van der Waals surface area contributed by atoms with Gasteiger partial charge in [-0.25, -0.2) is 0 Å². The predicted molar refractivity (Wildman–Crippen MR) is 67.9 cm³/mol. The Morgan fingerprint density at radius 1 is 1.20 bits per heavy atom. The molecule has 1 saturated heterocycles. The smallest absolute Gasteiger partial charge is 0.217 e. The van der Waals surface area contributed by atoms with E-state index in [0.29, 0.717) is 0 Å². The molecule has 8 N–H and O–H groups in total. The van der Waals surface area contributed by atoms with Crippen molar-refractivity contribution in [2.75, 3.05) is 26.3 Å². The Morgan fingerprint density at radius 3 is 2.25 bits per heavy atom. The molecule has 0 saturated carbocycles. The maximum Gasteiger partial charge on any atom is 0.217 e.